The minimum Gasteiger partial charge on any atom is -0.494 e. The molecule has 214 valence electrons. The standard InChI is InChI=1S/C29H35N5O4.C2H6/c1-7-34-22-11-9-8-10-18(22)15-23(34)26-31-21-14-19(16-24(37-6)25(21)32(26)5)27(35)33-13-12-20(17-33)30-28(36)38-29(2,3)4;1-2/h8-11,14-16,20H,7,12-13,17H2,1-6H3,(H,30,36);1-2H3. The fourth-order valence-electron chi connectivity index (χ4n) is 5.27. The average Bonchev–Trinajstić information content (AvgIpc) is 3.63. The van der Waals surface area contributed by atoms with E-state index in [-0.39, 0.29) is 11.9 Å². The van der Waals surface area contributed by atoms with Gasteiger partial charge in [-0.05, 0) is 58.4 Å². The monoisotopic (exact) mass is 547 g/mol. The van der Waals surface area contributed by atoms with Crippen LogP contribution in [0.3, 0.4) is 0 Å². The summed E-state index contributed by atoms with van der Waals surface area (Å²) in [5, 5.41) is 4.03. The second kappa shape index (κ2) is 11.6. The number of carbonyl (C=O) groups is 2. The molecule has 0 bridgehead atoms. The SMILES string of the molecule is CC.CCn1c(-c2nc3cc(C(=O)N4CCC(NC(=O)OC(C)(C)C)C4)cc(OC)c3n2C)cc2ccccc21. The fourth-order valence-corrected chi connectivity index (χ4v) is 5.27. The van der Waals surface area contributed by atoms with Crippen LogP contribution in [0.25, 0.3) is 33.5 Å². The smallest absolute Gasteiger partial charge is 0.407 e. The number of para-hydroxylation sites is 1. The Hall–Kier alpha value is -4.01. The number of hydrogen-bond donors (Lipinski definition) is 1. The van der Waals surface area contributed by atoms with Crippen molar-refractivity contribution in [3.63, 3.8) is 0 Å². The van der Waals surface area contributed by atoms with Gasteiger partial charge in [0, 0.05) is 43.1 Å². The molecular weight excluding hydrogens is 506 g/mol. The molecule has 9 nitrogen and oxygen atoms in total. The van der Waals surface area contributed by atoms with E-state index in [4.69, 9.17) is 14.5 Å². The Kier molecular flexibility index (Phi) is 8.42. The summed E-state index contributed by atoms with van der Waals surface area (Å²) >= 11 is 0. The van der Waals surface area contributed by atoms with Crippen LogP contribution in [0, 0.1) is 0 Å². The van der Waals surface area contributed by atoms with Crippen LogP contribution in [-0.2, 0) is 18.3 Å². The number of hydrogen-bond acceptors (Lipinski definition) is 5. The Morgan fingerprint density at radius 1 is 1.12 bits per heavy atom. The van der Waals surface area contributed by atoms with Crippen molar-refractivity contribution in [2.75, 3.05) is 20.2 Å². The first-order valence-corrected chi connectivity index (χ1v) is 14.0. The van der Waals surface area contributed by atoms with Crippen LogP contribution >= 0.6 is 0 Å². The van der Waals surface area contributed by atoms with Gasteiger partial charge in [-0.25, -0.2) is 9.78 Å². The van der Waals surface area contributed by atoms with Crippen LogP contribution in [0.4, 0.5) is 4.79 Å². The molecule has 1 unspecified atom stereocenters. The number of rotatable bonds is 5. The Balaban J connectivity index is 0.00000181. The van der Waals surface area contributed by atoms with Crippen LogP contribution in [0.5, 0.6) is 5.75 Å². The van der Waals surface area contributed by atoms with Gasteiger partial charge in [0.05, 0.1) is 24.4 Å². The zero-order valence-electron chi connectivity index (χ0n) is 24.9. The molecule has 0 spiro atoms. The van der Waals surface area contributed by atoms with Gasteiger partial charge in [-0.15, -0.1) is 0 Å². The second-order valence-corrected chi connectivity index (χ2v) is 10.8. The molecular formula is C31H41N5O4. The first-order chi connectivity index (χ1) is 19.1. The Morgan fingerprint density at radius 3 is 2.52 bits per heavy atom. The highest BCUT2D eigenvalue weighted by molar-refractivity contribution is 6.00. The summed E-state index contributed by atoms with van der Waals surface area (Å²) in [6.45, 7) is 13.4. The third-order valence-electron chi connectivity index (χ3n) is 6.95. The number of alkyl carbamates (subject to hydrolysis) is 1. The number of nitrogens with one attached hydrogen (secondary N) is 1. The maximum Gasteiger partial charge on any atom is 0.407 e. The molecule has 0 aliphatic carbocycles. The van der Waals surface area contributed by atoms with E-state index in [9.17, 15) is 9.59 Å². The van der Waals surface area contributed by atoms with Gasteiger partial charge in [-0.2, -0.15) is 0 Å². The van der Waals surface area contributed by atoms with Gasteiger partial charge in [0.25, 0.3) is 5.91 Å². The predicted octanol–water partition coefficient (Wildman–Crippen LogP) is 5.99. The molecule has 9 heteroatoms. The molecule has 2 aromatic heterocycles. The number of carbonyl (C=O) groups excluding carboxylic acids is 2. The lowest BCUT2D eigenvalue weighted by atomic mass is 10.1. The third-order valence-corrected chi connectivity index (χ3v) is 6.95. The summed E-state index contributed by atoms with van der Waals surface area (Å²) in [5.74, 6) is 1.28. The van der Waals surface area contributed by atoms with Crippen LogP contribution < -0.4 is 10.1 Å². The minimum absolute atomic E-state index is 0.117. The van der Waals surface area contributed by atoms with Crippen LogP contribution in [0.2, 0.25) is 0 Å². The molecule has 1 N–H and O–H groups in total. The lowest BCUT2D eigenvalue weighted by Gasteiger charge is -2.22. The largest absolute Gasteiger partial charge is 0.494 e. The summed E-state index contributed by atoms with van der Waals surface area (Å²) in [6, 6.07) is 13.9. The zero-order valence-corrected chi connectivity index (χ0v) is 24.9. The zero-order chi connectivity index (χ0) is 29.2. The normalized spacial score (nSPS) is 15.2. The van der Waals surface area contributed by atoms with E-state index >= 15 is 0 Å². The molecule has 1 fully saturated rings. The summed E-state index contributed by atoms with van der Waals surface area (Å²) in [7, 11) is 3.58. The highest BCUT2D eigenvalue weighted by atomic mass is 16.6. The summed E-state index contributed by atoms with van der Waals surface area (Å²) < 4.78 is 15.4. The topological polar surface area (TPSA) is 90.6 Å². The molecule has 1 aliphatic rings. The van der Waals surface area contributed by atoms with Gasteiger partial charge in [0.15, 0.2) is 5.82 Å². The first kappa shape index (κ1) is 29.0. The molecule has 0 saturated carbocycles. The fraction of sp³-hybridized carbons (Fsp3) is 0.452. The summed E-state index contributed by atoms with van der Waals surface area (Å²) in [5.41, 5.74) is 3.63. The van der Waals surface area contributed by atoms with Gasteiger partial charge in [-0.3, -0.25) is 4.79 Å². The number of ether oxygens (including phenoxy) is 2. The molecule has 4 aromatic rings. The first-order valence-electron chi connectivity index (χ1n) is 14.0. The van der Waals surface area contributed by atoms with Gasteiger partial charge in [0.2, 0.25) is 0 Å². The van der Waals surface area contributed by atoms with Crippen LogP contribution in [0.15, 0.2) is 42.5 Å². The van der Waals surface area contributed by atoms with E-state index in [1.807, 2.05) is 64.4 Å². The van der Waals surface area contributed by atoms with Crippen molar-refractivity contribution in [3.05, 3.63) is 48.0 Å². The molecule has 2 aromatic carbocycles. The highest BCUT2D eigenvalue weighted by Crippen LogP contribution is 2.34. The number of aromatic nitrogens is 3. The van der Waals surface area contributed by atoms with Crippen LogP contribution in [0.1, 0.15) is 58.3 Å². The lowest BCUT2D eigenvalue weighted by molar-refractivity contribution is 0.0502. The van der Waals surface area contributed by atoms with Crippen molar-refractivity contribution < 1.29 is 19.1 Å². The number of nitrogens with zero attached hydrogens (tertiary/aromatic N) is 4. The molecule has 40 heavy (non-hydrogen) atoms. The molecule has 1 saturated heterocycles. The van der Waals surface area contributed by atoms with Gasteiger partial charge in [0.1, 0.15) is 16.9 Å². The summed E-state index contributed by atoms with van der Waals surface area (Å²) in [4.78, 5) is 32.4. The highest BCUT2D eigenvalue weighted by Gasteiger charge is 2.30. The molecule has 0 radical (unpaired) electrons. The van der Waals surface area contributed by atoms with Crippen molar-refractivity contribution >= 4 is 33.9 Å². The predicted molar refractivity (Wildman–Crippen MR) is 159 cm³/mol. The van der Waals surface area contributed by atoms with Crippen molar-refractivity contribution in [2.45, 2.75) is 66.2 Å². The Labute approximate surface area is 236 Å². The van der Waals surface area contributed by atoms with Crippen molar-refractivity contribution in [1.29, 1.82) is 0 Å². The Bertz CT molecular complexity index is 1530. The average molecular weight is 548 g/mol. The van der Waals surface area contributed by atoms with Crippen molar-refractivity contribution in [2.24, 2.45) is 7.05 Å². The lowest BCUT2D eigenvalue weighted by Crippen LogP contribution is -2.41. The quantitative estimate of drug-likeness (QED) is 0.332. The molecule has 1 aliphatic heterocycles. The maximum atomic E-state index is 13.5. The van der Waals surface area contributed by atoms with E-state index in [0.29, 0.717) is 36.3 Å². The number of likely N-dealkylation sites (tertiary alicyclic amines) is 1. The maximum absolute atomic E-state index is 13.5. The van der Waals surface area contributed by atoms with E-state index in [1.54, 1.807) is 18.1 Å². The van der Waals surface area contributed by atoms with E-state index in [0.717, 1.165) is 34.5 Å². The van der Waals surface area contributed by atoms with Crippen molar-refractivity contribution in [1.82, 2.24) is 24.3 Å². The number of fused-ring (bicyclic) bond motifs is 2. The van der Waals surface area contributed by atoms with E-state index < -0.39 is 11.7 Å². The molecule has 1 atom stereocenters. The van der Waals surface area contributed by atoms with E-state index in [1.165, 1.54) is 0 Å². The van der Waals surface area contributed by atoms with Gasteiger partial charge >= 0.3 is 6.09 Å². The van der Waals surface area contributed by atoms with Gasteiger partial charge < -0.3 is 28.8 Å². The number of imidazole rings is 1. The number of methoxy groups -OCH3 is 1. The van der Waals surface area contributed by atoms with Crippen LogP contribution in [-0.4, -0.2) is 62.9 Å². The van der Waals surface area contributed by atoms with Gasteiger partial charge in [-0.1, -0.05) is 32.0 Å². The minimum atomic E-state index is -0.572. The number of aryl methyl sites for hydroxylation is 2. The van der Waals surface area contributed by atoms with E-state index in [2.05, 4.69) is 35.0 Å². The Morgan fingerprint density at radius 2 is 1.85 bits per heavy atom. The third kappa shape index (κ3) is 5.64. The molecule has 3 heterocycles. The number of amides is 2. The second-order valence-electron chi connectivity index (χ2n) is 10.8. The molecule has 5 rings (SSSR count). The van der Waals surface area contributed by atoms with Crippen molar-refractivity contribution in [3.8, 4) is 17.3 Å². The summed E-state index contributed by atoms with van der Waals surface area (Å²) in [6.07, 6.45) is 0.199. The number of benzene rings is 2. The molecule has 2 amide bonds.